The molecule has 0 saturated heterocycles. The number of carbonyl (C=O) groups is 2. The monoisotopic (exact) mass is 430 g/mol. The van der Waals surface area contributed by atoms with Crippen LogP contribution in [0, 0.1) is 47.4 Å². The van der Waals surface area contributed by atoms with Gasteiger partial charge in [0.15, 0.2) is 0 Å². The molecule has 4 heteroatoms. The summed E-state index contributed by atoms with van der Waals surface area (Å²) in [6.45, 7) is 2.06. The van der Waals surface area contributed by atoms with Crippen LogP contribution in [0.15, 0.2) is 30.3 Å². The zero-order valence-electron chi connectivity index (χ0n) is 19.0. The molecule has 0 bridgehead atoms. The average molecular weight is 431 g/mol. The van der Waals surface area contributed by atoms with Gasteiger partial charge >= 0.3 is 11.9 Å². The predicted octanol–water partition coefficient (Wildman–Crippen LogP) is 4.93. The molecule has 0 spiro atoms. The van der Waals surface area contributed by atoms with Crippen molar-refractivity contribution < 1.29 is 19.1 Å². The molecule has 1 atom stereocenters. The predicted molar refractivity (Wildman–Crippen MR) is 126 cm³/mol. The fraction of sp³-hybridized carbons (Fsp3) is 0.429. The Balaban J connectivity index is 2.25. The molecule has 0 amide bonds. The van der Waals surface area contributed by atoms with E-state index in [1.165, 1.54) is 7.11 Å². The summed E-state index contributed by atoms with van der Waals surface area (Å²) in [7, 11) is 1.38. The van der Waals surface area contributed by atoms with Crippen molar-refractivity contribution in [2.45, 2.75) is 70.8 Å². The molecule has 1 aromatic carbocycles. The zero-order valence-corrected chi connectivity index (χ0v) is 19.0. The third kappa shape index (κ3) is 13.6. The van der Waals surface area contributed by atoms with Crippen LogP contribution in [-0.4, -0.2) is 25.2 Å². The maximum atomic E-state index is 12.2. The molecule has 0 N–H and O–H groups in total. The van der Waals surface area contributed by atoms with E-state index < -0.39 is 0 Å². The van der Waals surface area contributed by atoms with Gasteiger partial charge in [0.2, 0.25) is 0 Å². The Morgan fingerprint density at radius 2 is 1.47 bits per heavy atom. The minimum Gasteiger partial charge on any atom is -0.469 e. The van der Waals surface area contributed by atoms with E-state index in [1.807, 2.05) is 18.2 Å². The summed E-state index contributed by atoms with van der Waals surface area (Å²) in [4.78, 5) is 23.1. The van der Waals surface area contributed by atoms with Crippen molar-refractivity contribution in [2.24, 2.45) is 0 Å². The summed E-state index contributed by atoms with van der Waals surface area (Å²) in [5, 5.41) is 0. The van der Waals surface area contributed by atoms with Gasteiger partial charge in [-0.2, -0.15) is 0 Å². The molecule has 0 fully saturated rings. The van der Waals surface area contributed by atoms with Crippen LogP contribution in [-0.2, 0) is 14.3 Å². The van der Waals surface area contributed by atoms with E-state index in [0.29, 0.717) is 50.5 Å². The molecule has 32 heavy (non-hydrogen) atoms. The van der Waals surface area contributed by atoms with E-state index in [2.05, 4.69) is 59.0 Å². The molecule has 166 valence electrons. The van der Waals surface area contributed by atoms with E-state index in [0.717, 1.165) is 12.8 Å². The minimum absolute atomic E-state index is 0.206. The lowest BCUT2D eigenvalue weighted by Gasteiger charge is -2.14. The largest absolute Gasteiger partial charge is 0.469 e. The second-order valence-corrected chi connectivity index (χ2v) is 6.76. The molecule has 0 aliphatic heterocycles. The van der Waals surface area contributed by atoms with Gasteiger partial charge in [-0.3, -0.25) is 4.79 Å². The number of methoxy groups -OCH3 is 1. The average Bonchev–Trinajstić information content (AvgIpc) is 2.81. The first-order valence-corrected chi connectivity index (χ1v) is 10.8. The van der Waals surface area contributed by atoms with Gasteiger partial charge in [0.1, 0.15) is 6.10 Å². The highest BCUT2D eigenvalue weighted by Gasteiger charge is 2.14. The van der Waals surface area contributed by atoms with E-state index in [-0.39, 0.29) is 18.0 Å². The van der Waals surface area contributed by atoms with Crippen molar-refractivity contribution in [3.05, 3.63) is 35.9 Å². The fourth-order valence-electron chi connectivity index (χ4n) is 2.52. The van der Waals surface area contributed by atoms with Crippen molar-refractivity contribution >= 4 is 11.9 Å². The van der Waals surface area contributed by atoms with Crippen LogP contribution in [0.25, 0.3) is 0 Å². The van der Waals surface area contributed by atoms with Gasteiger partial charge < -0.3 is 9.47 Å². The number of ether oxygens (including phenoxy) is 2. The number of unbranched alkanes of at least 4 members (excludes halogenated alkanes) is 1. The van der Waals surface area contributed by atoms with Crippen LogP contribution in [0.2, 0.25) is 0 Å². The molecule has 0 saturated carbocycles. The van der Waals surface area contributed by atoms with Crippen LogP contribution < -0.4 is 0 Å². The highest BCUT2D eigenvalue weighted by molar-refractivity contribution is 5.89. The van der Waals surface area contributed by atoms with Gasteiger partial charge in [-0.1, -0.05) is 73.0 Å². The van der Waals surface area contributed by atoms with Gasteiger partial charge in [-0.15, -0.1) is 5.92 Å². The number of carbonyl (C=O) groups excluding carboxylic acids is 2. The maximum Gasteiger partial charge on any atom is 0.338 e. The third-order valence-electron chi connectivity index (χ3n) is 4.16. The van der Waals surface area contributed by atoms with Crippen molar-refractivity contribution in [3.63, 3.8) is 0 Å². The van der Waals surface area contributed by atoms with Crippen molar-refractivity contribution in [1.29, 1.82) is 0 Å². The molecule has 1 rings (SSSR count). The van der Waals surface area contributed by atoms with E-state index in [1.54, 1.807) is 12.1 Å². The first-order chi connectivity index (χ1) is 15.7. The number of hydrogen-bond acceptors (Lipinski definition) is 4. The second-order valence-electron chi connectivity index (χ2n) is 6.76. The van der Waals surface area contributed by atoms with Crippen molar-refractivity contribution in [3.8, 4) is 47.4 Å². The third-order valence-corrected chi connectivity index (χ3v) is 4.16. The summed E-state index contributed by atoms with van der Waals surface area (Å²) in [6.07, 6.45) is 5.22. The summed E-state index contributed by atoms with van der Waals surface area (Å²) in [6, 6.07) is 8.99. The highest BCUT2D eigenvalue weighted by Crippen LogP contribution is 2.10. The van der Waals surface area contributed by atoms with Crippen LogP contribution in [0.4, 0.5) is 0 Å². The van der Waals surface area contributed by atoms with Gasteiger partial charge in [0.05, 0.1) is 31.9 Å². The molecule has 0 unspecified atom stereocenters. The van der Waals surface area contributed by atoms with Crippen LogP contribution in [0.1, 0.15) is 75.1 Å². The van der Waals surface area contributed by atoms with Gasteiger partial charge in [-0.25, -0.2) is 4.79 Å². The summed E-state index contributed by atoms with van der Waals surface area (Å²) in [5.41, 5.74) is 0.554. The highest BCUT2D eigenvalue weighted by atomic mass is 16.5. The summed E-state index contributed by atoms with van der Waals surface area (Å²) in [5.74, 6) is 23.4. The van der Waals surface area contributed by atoms with Crippen molar-refractivity contribution in [1.82, 2.24) is 0 Å². The normalized spacial score (nSPS) is 9.81. The molecule has 0 radical (unpaired) electrons. The Morgan fingerprint density at radius 1 is 0.875 bits per heavy atom. The molecular formula is C28H30O4. The Morgan fingerprint density at radius 3 is 2.06 bits per heavy atom. The Labute approximate surface area is 192 Å². The molecule has 0 aliphatic rings. The van der Waals surface area contributed by atoms with Crippen LogP contribution in [0.3, 0.4) is 0 Å². The number of hydrogen-bond donors (Lipinski definition) is 0. The number of benzene rings is 1. The van der Waals surface area contributed by atoms with Crippen LogP contribution >= 0.6 is 0 Å². The molecule has 4 nitrogen and oxygen atoms in total. The maximum absolute atomic E-state index is 12.2. The Bertz CT molecular complexity index is 947. The second kappa shape index (κ2) is 18.2. The summed E-state index contributed by atoms with van der Waals surface area (Å²) >= 11 is 0. The first-order valence-electron chi connectivity index (χ1n) is 10.8. The SMILES string of the molecule is CCC[C@H](CC#CCC#CCC#CCC#CCCCC(=O)OC)OC(=O)c1ccccc1. The van der Waals surface area contributed by atoms with E-state index >= 15 is 0 Å². The lowest BCUT2D eigenvalue weighted by atomic mass is 10.1. The lowest BCUT2D eigenvalue weighted by Crippen LogP contribution is -2.17. The fourth-order valence-corrected chi connectivity index (χ4v) is 2.52. The minimum atomic E-state index is -0.310. The standard InChI is InChI=1S/C28H30O4/c1-3-20-26(32-28(30)25-21-16-15-17-22-25)23-18-13-11-9-7-5-4-6-8-10-12-14-19-24-27(29)31-2/h15-17,21-22,26H,3,5,8,11,14,19-20,23-24H2,1-2H3/t26-/m1/s1. The van der Waals surface area contributed by atoms with Crippen LogP contribution in [0.5, 0.6) is 0 Å². The van der Waals surface area contributed by atoms with Crippen molar-refractivity contribution in [2.75, 3.05) is 7.11 Å². The first kappa shape index (κ1) is 26.4. The molecular weight excluding hydrogens is 400 g/mol. The zero-order chi connectivity index (χ0) is 23.3. The Kier molecular flexibility index (Phi) is 15.0. The molecule has 0 aromatic heterocycles. The van der Waals surface area contributed by atoms with Gasteiger partial charge in [-0.05, 0) is 25.0 Å². The molecule has 1 aromatic rings. The van der Waals surface area contributed by atoms with Gasteiger partial charge in [0.25, 0.3) is 0 Å². The van der Waals surface area contributed by atoms with E-state index in [4.69, 9.17) is 4.74 Å². The Hall–Kier alpha value is -3.60. The summed E-state index contributed by atoms with van der Waals surface area (Å²) < 4.78 is 10.1. The number of esters is 2. The topological polar surface area (TPSA) is 52.6 Å². The molecule has 0 heterocycles. The van der Waals surface area contributed by atoms with E-state index in [9.17, 15) is 9.59 Å². The lowest BCUT2D eigenvalue weighted by molar-refractivity contribution is -0.140. The quantitative estimate of drug-likeness (QED) is 0.333. The number of rotatable bonds is 8. The van der Waals surface area contributed by atoms with Gasteiger partial charge in [0, 0.05) is 19.3 Å². The molecule has 0 aliphatic carbocycles. The smallest absolute Gasteiger partial charge is 0.338 e.